The van der Waals surface area contributed by atoms with Crippen molar-refractivity contribution in [2.24, 2.45) is 5.92 Å². The Balaban J connectivity index is 2.28. The van der Waals surface area contributed by atoms with Gasteiger partial charge in [0.25, 0.3) is 0 Å². The third kappa shape index (κ3) is 2.77. The van der Waals surface area contributed by atoms with E-state index in [0.29, 0.717) is 0 Å². The molecule has 21 heavy (non-hydrogen) atoms. The lowest BCUT2D eigenvalue weighted by Crippen LogP contribution is -2.55. The molecule has 7 nitrogen and oxygen atoms in total. The number of hydrogen-bond acceptors (Lipinski definition) is 6. The second-order valence-electron chi connectivity index (χ2n) is 6.37. The van der Waals surface area contributed by atoms with Crippen LogP contribution in [0.2, 0.25) is 0 Å². The molecule has 0 bridgehead atoms. The molecule has 0 aromatic rings. The van der Waals surface area contributed by atoms with Crippen molar-refractivity contribution in [2.45, 2.75) is 44.3 Å². The number of carbonyl (C=O) groups excluding carboxylic acids is 2. The summed E-state index contributed by atoms with van der Waals surface area (Å²) in [6, 6.07) is -0.502. The topological polar surface area (TPSA) is 74.3 Å². The number of amides is 1. The molecule has 0 spiro atoms. The maximum atomic E-state index is 12.4. The van der Waals surface area contributed by atoms with Crippen LogP contribution in [-0.4, -0.2) is 68.2 Å². The summed E-state index contributed by atoms with van der Waals surface area (Å²) < 4.78 is 22.0. The summed E-state index contributed by atoms with van der Waals surface area (Å²) >= 11 is 0. The van der Waals surface area contributed by atoms with Crippen LogP contribution in [0.5, 0.6) is 0 Å². The van der Waals surface area contributed by atoms with Crippen molar-refractivity contribution < 1.29 is 28.5 Å². The van der Waals surface area contributed by atoms with Gasteiger partial charge in [0.2, 0.25) is 5.79 Å². The molecular formula is C14H23NO6. The van der Waals surface area contributed by atoms with E-state index >= 15 is 0 Å². The number of methoxy groups -OCH3 is 2. The number of likely N-dealkylation sites (tertiary alicyclic amines) is 1. The first-order valence-electron chi connectivity index (χ1n) is 6.95. The van der Waals surface area contributed by atoms with Crippen LogP contribution in [-0.2, 0) is 23.7 Å². The fourth-order valence-corrected chi connectivity index (χ4v) is 2.93. The van der Waals surface area contributed by atoms with E-state index < -0.39 is 35.5 Å². The van der Waals surface area contributed by atoms with E-state index in [1.165, 1.54) is 19.1 Å². The smallest absolute Gasteiger partial charge is 0.410 e. The van der Waals surface area contributed by atoms with Crippen LogP contribution in [0.15, 0.2) is 0 Å². The quantitative estimate of drug-likeness (QED) is 0.567. The zero-order chi connectivity index (χ0) is 15.8. The van der Waals surface area contributed by atoms with Crippen LogP contribution in [0.4, 0.5) is 4.79 Å². The highest BCUT2D eigenvalue weighted by atomic mass is 16.7. The van der Waals surface area contributed by atoms with Crippen LogP contribution in [0, 0.1) is 5.92 Å². The summed E-state index contributed by atoms with van der Waals surface area (Å²) in [6.07, 6.45) is -0.121. The van der Waals surface area contributed by atoms with Gasteiger partial charge in [-0.3, -0.25) is 4.90 Å². The van der Waals surface area contributed by atoms with Crippen LogP contribution in [0.1, 0.15) is 20.8 Å². The summed E-state index contributed by atoms with van der Waals surface area (Å²) in [5, 5.41) is 0. The first kappa shape index (κ1) is 16.2. The summed E-state index contributed by atoms with van der Waals surface area (Å²) in [5.74, 6) is -1.48. The summed E-state index contributed by atoms with van der Waals surface area (Å²) in [7, 11) is 2.99. The average molecular weight is 301 g/mol. The Morgan fingerprint density at radius 1 is 1.33 bits per heavy atom. The Bertz CT molecular complexity index is 414. The molecule has 3 atom stereocenters. The van der Waals surface area contributed by atoms with Gasteiger partial charge in [0.05, 0.1) is 12.0 Å². The van der Waals surface area contributed by atoms with Crippen molar-refractivity contribution in [3.63, 3.8) is 0 Å². The van der Waals surface area contributed by atoms with Gasteiger partial charge < -0.3 is 23.7 Å². The highest BCUT2D eigenvalue weighted by Gasteiger charge is 2.62. The number of fused-ring (bicyclic) bond motifs is 1. The molecule has 2 fully saturated rings. The Labute approximate surface area is 124 Å². The number of aldehydes is 1. The Morgan fingerprint density at radius 3 is 2.43 bits per heavy atom. The molecule has 2 rings (SSSR count). The predicted molar refractivity (Wildman–Crippen MR) is 72.8 cm³/mol. The van der Waals surface area contributed by atoms with E-state index in [9.17, 15) is 9.59 Å². The molecule has 120 valence electrons. The maximum Gasteiger partial charge on any atom is 0.410 e. The third-order valence-corrected chi connectivity index (χ3v) is 3.90. The minimum Gasteiger partial charge on any atom is -0.444 e. The zero-order valence-electron chi connectivity index (χ0n) is 13.1. The summed E-state index contributed by atoms with van der Waals surface area (Å²) in [5.41, 5.74) is -0.617. The highest BCUT2D eigenvalue weighted by molar-refractivity contribution is 5.71. The molecule has 0 aromatic heterocycles. The molecule has 1 amide bonds. The van der Waals surface area contributed by atoms with Crippen molar-refractivity contribution in [3.05, 3.63) is 0 Å². The van der Waals surface area contributed by atoms with Gasteiger partial charge in [-0.2, -0.15) is 0 Å². The van der Waals surface area contributed by atoms with Crippen LogP contribution >= 0.6 is 0 Å². The molecule has 7 heteroatoms. The average Bonchev–Trinajstić information content (AvgIpc) is 2.94. The van der Waals surface area contributed by atoms with E-state index in [2.05, 4.69) is 0 Å². The molecule has 0 aliphatic carbocycles. The summed E-state index contributed by atoms with van der Waals surface area (Å²) in [6.45, 7) is 5.78. The fraction of sp³-hybridized carbons (Fsp3) is 0.857. The molecule has 2 heterocycles. The molecule has 0 aromatic carbocycles. The lowest BCUT2D eigenvalue weighted by molar-refractivity contribution is -0.224. The molecule has 2 saturated heterocycles. The number of carbonyl (C=O) groups is 2. The van der Waals surface area contributed by atoms with Gasteiger partial charge in [-0.05, 0) is 20.8 Å². The maximum absolute atomic E-state index is 12.4. The second kappa shape index (κ2) is 5.55. The standard InChI is InChI=1S/C14H23NO6/c1-13(2,3)21-12(17)15-6-9(7-16)10-11(15)14(18-4,19-5)8-20-10/h7,9-11H,6,8H2,1-5H3/t9-,10?,11?/m0/s1. The number of ether oxygens (including phenoxy) is 4. The molecule has 0 N–H and O–H groups in total. The molecule has 0 saturated carbocycles. The van der Waals surface area contributed by atoms with Gasteiger partial charge in [-0.15, -0.1) is 0 Å². The number of rotatable bonds is 3. The van der Waals surface area contributed by atoms with E-state index in [1.54, 1.807) is 20.8 Å². The first-order chi connectivity index (χ1) is 9.78. The Hall–Kier alpha value is -1.18. The highest BCUT2D eigenvalue weighted by Crippen LogP contribution is 2.41. The number of nitrogens with zero attached hydrogens (tertiary/aromatic N) is 1. The molecular weight excluding hydrogens is 278 g/mol. The second-order valence-corrected chi connectivity index (χ2v) is 6.37. The van der Waals surface area contributed by atoms with Crippen LogP contribution < -0.4 is 0 Å². The van der Waals surface area contributed by atoms with Gasteiger partial charge in [0.1, 0.15) is 24.5 Å². The zero-order valence-corrected chi connectivity index (χ0v) is 13.1. The van der Waals surface area contributed by atoms with E-state index in [4.69, 9.17) is 18.9 Å². The molecule has 2 unspecified atom stereocenters. The fourth-order valence-electron chi connectivity index (χ4n) is 2.93. The van der Waals surface area contributed by atoms with Gasteiger partial charge in [0.15, 0.2) is 0 Å². The van der Waals surface area contributed by atoms with Crippen molar-refractivity contribution in [3.8, 4) is 0 Å². The molecule has 2 aliphatic heterocycles. The van der Waals surface area contributed by atoms with Crippen LogP contribution in [0.3, 0.4) is 0 Å². The first-order valence-corrected chi connectivity index (χ1v) is 6.95. The minimum atomic E-state index is -1.07. The van der Waals surface area contributed by atoms with E-state index in [1.807, 2.05) is 0 Å². The van der Waals surface area contributed by atoms with Gasteiger partial charge in [-0.1, -0.05) is 0 Å². The monoisotopic (exact) mass is 301 g/mol. The summed E-state index contributed by atoms with van der Waals surface area (Å²) in [4.78, 5) is 25.1. The lowest BCUT2D eigenvalue weighted by atomic mass is 10.00. The van der Waals surface area contributed by atoms with Gasteiger partial charge >= 0.3 is 6.09 Å². The van der Waals surface area contributed by atoms with Crippen molar-refractivity contribution in [1.29, 1.82) is 0 Å². The SMILES string of the molecule is COC1(OC)COC2C1N(C(=O)OC(C)(C)C)C[C@H]2C=O. The third-order valence-electron chi connectivity index (χ3n) is 3.90. The van der Waals surface area contributed by atoms with Crippen molar-refractivity contribution in [1.82, 2.24) is 4.90 Å². The van der Waals surface area contributed by atoms with Crippen molar-refractivity contribution in [2.75, 3.05) is 27.4 Å². The molecule has 0 radical (unpaired) electrons. The lowest BCUT2D eigenvalue weighted by Gasteiger charge is -2.36. The van der Waals surface area contributed by atoms with E-state index in [0.717, 1.165) is 6.29 Å². The van der Waals surface area contributed by atoms with Gasteiger partial charge in [0, 0.05) is 20.8 Å². The van der Waals surface area contributed by atoms with Crippen molar-refractivity contribution >= 4 is 12.4 Å². The molecule has 2 aliphatic rings. The van der Waals surface area contributed by atoms with Crippen LogP contribution in [0.25, 0.3) is 0 Å². The number of hydrogen-bond donors (Lipinski definition) is 0. The van der Waals surface area contributed by atoms with E-state index in [-0.39, 0.29) is 13.2 Å². The largest absolute Gasteiger partial charge is 0.444 e. The van der Waals surface area contributed by atoms with Gasteiger partial charge in [-0.25, -0.2) is 4.79 Å². The normalized spacial score (nSPS) is 31.1. The minimum absolute atomic E-state index is 0.166. The Kier molecular flexibility index (Phi) is 4.28. The Morgan fingerprint density at radius 2 is 1.95 bits per heavy atom. The predicted octanol–water partition coefficient (Wildman–Crippen LogP) is 0.809.